The Bertz CT molecular complexity index is 291. The van der Waals surface area contributed by atoms with Crippen LogP contribution < -0.4 is 5.73 Å². The molecule has 3 unspecified atom stereocenters. The van der Waals surface area contributed by atoms with Gasteiger partial charge in [0, 0.05) is 32.0 Å². The maximum Gasteiger partial charge on any atom is 0.191 e. The van der Waals surface area contributed by atoms with E-state index in [0.29, 0.717) is 24.0 Å². The van der Waals surface area contributed by atoms with E-state index in [9.17, 15) is 0 Å². The molecule has 2 fully saturated rings. The summed E-state index contributed by atoms with van der Waals surface area (Å²) in [5.74, 6) is 1.21. The first-order chi connectivity index (χ1) is 6.94. The fraction of sp³-hybridized carbons (Fsp3) is 0.909. The van der Waals surface area contributed by atoms with Crippen LogP contribution in [0.4, 0.5) is 0 Å². The van der Waals surface area contributed by atoms with Crippen molar-refractivity contribution in [3.63, 3.8) is 0 Å². The SMILES string of the molecule is CN(C)C(N)=NC1C2CCOC2C1(C)C.I. The molecule has 1 heterocycles. The summed E-state index contributed by atoms with van der Waals surface area (Å²) in [6, 6.07) is 0.326. The van der Waals surface area contributed by atoms with Crippen molar-refractivity contribution >= 4 is 29.9 Å². The molecular weight excluding hydrogens is 317 g/mol. The molecule has 0 aromatic heterocycles. The molecule has 1 aliphatic carbocycles. The summed E-state index contributed by atoms with van der Waals surface area (Å²) in [5.41, 5.74) is 6.01. The van der Waals surface area contributed by atoms with Crippen LogP contribution in [0.5, 0.6) is 0 Å². The summed E-state index contributed by atoms with van der Waals surface area (Å²) in [6.45, 7) is 5.32. The van der Waals surface area contributed by atoms with Gasteiger partial charge in [-0.15, -0.1) is 24.0 Å². The van der Waals surface area contributed by atoms with Gasteiger partial charge in [-0.25, -0.2) is 4.99 Å². The van der Waals surface area contributed by atoms with Crippen molar-refractivity contribution in [2.45, 2.75) is 32.4 Å². The van der Waals surface area contributed by atoms with E-state index in [2.05, 4.69) is 18.8 Å². The lowest BCUT2D eigenvalue weighted by Crippen LogP contribution is -2.59. The Hall–Kier alpha value is -0.0400. The van der Waals surface area contributed by atoms with E-state index in [-0.39, 0.29) is 29.4 Å². The van der Waals surface area contributed by atoms with Crippen molar-refractivity contribution in [2.24, 2.45) is 22.1 Å². The van der Waals surface area contributed by atoms with Crippen LogP contribution in [0.25, 0.3) is 0 Å². The molecule has 1 aliphatic heterocycles. The molecule has 5 heteroatoms. The monoisotopic (exact) mass is 339 g/mol. The number of hydrogen-bond acceptors (Lipinski definition) is 2. The van der Waals surface area contributed by atoms with Gasteiger partial charge >= 0.3 is 0 Å². The summed E-state index contributed by atoms with van der Waals surface area (Å²) < 4.78 is 5.72. The fourth-order valence-electron chi connectivity index (χ4n) is 2.82. The molecule has 94 valence electrons. The second-order valence-electron chi connectivity index (χ2n) is 5.39. The highest BCUT2D eigenvalue weighted by atomic mass is 127. The predicted molar refractivity (Wildman–Crippen MR) is 76.1 cm³/mol. The summed E-state index contributed by atoms with van der Waals surface area (Å²) in [7, 11) is 3.85. The quantitative estimate of drug-likeness (QED) is 0.445. The van der Waals surface area contributed by atoms with Crippen LogP contribution in [0.15, 0.2) is 4.99 Å². The van der Waals surface area contributed by atoms with Crippen LogP contribution in [0, 0.1) is 11.3 Å². The number of hydrogen-bond donors (Lipinski definition) is 1. The molecule has 4 nitrogen and oxygen atoms in total. The van der Waals surface area contributed by atoms with Crippen molar-refractivity contribution in [2.75, 3.05) is 20.7 Å². The van der Waals surface area contributed by atoms with Gasteiger partial charge in [-0.1, -0.05) is 13.8 Å². The average molecular weight is 339 g/mol. The van der Waals surface area contributed by atoms with Gasteiger partial charge in [-0.05, 0) is 6.42 Å². The summed E-state index contributed by atoms with van der Waals surface area (Å²) in [5, 5.41) is 0. The summed E-state index contributed by atoms with van der Waals surface area (Å²) >= 11 is 0. The number of guanidine groups is 1. The highest BCUT2D eigenvalue weighted by molar-refractivity contribution is 14.0. The molecule has 0 aromatic carbocycles. The zero-order valence-electron chi connectivity index (χ0n) is 10.4. The van der Waals surface area contributed by atoms with Crippen molar-refractivity contribution in [1.82, 2.24) is 4.90 Å². The Morgan fingerprint density at radius 2 is 2.06 bits per heavy atom. The minimum absolute atomic E-state index is 0. The minimum Gasteiger partial charge on any atom is -0.377 e. The average Bonchev–Trinajstić information content (AvgIpc) is 2.59. The third-order valence-electron chi connectivity index (χ3n) is 3.77. The van der Waals surface area contributed by atoms with Gasteiger partial charge in [-0.2, -0.15) is 0 Å². The molecule has 1 saturated heterocycles. The second kappa shape index (κ2) is 4.68. The number of halogens is 1. The first kappa shape index (κ1) is 14.0. The van der Waals surface area contributed by atoms with Gasteiger partial charge in [0.1, 0.15) is 0 Å². The van der Waals surface area contributed by atoms with Crippen LogP contribution >= 0.6 is 24.0 Å². The topological polar surface area (TPSA) is 50.8 Å². The Morgan fingerprint density at radius 1 is 1.44 bits per heavy atom. The molecule has 0 bridgehead atoms. The molecular formula is C11H22IN3O. The van der Waals surface area contributed by atoms with Crippen LogP contribution in [-0.2, 0) is 4.74 Å². The number of nitrogens with two attached hydrogens (primary N) is 1. The smallest absolute Gasteiger partial charge is 0.191 e. The Morgan fingerprint density at radius 3 is 2.62 bits per heavy atom. The largest absolute Gasteiger partial charge is 0.377 e. The number of aliphatic imine (C=N–C) groups is 1. The molecule has 0 aromatic rings. The minimum atomic E-state index is 0. The van der Waals surface area contributed by atoms with Crippen LogP contribution in [-0.4, -0.2) is 43.7 Å². The van der Waals surface area contributed by atoms with E-state index in [1.807, 2.05) is 19.0 Å². The van der Waals surface area contributed by atoms with E-state index in [0.717, 1.165) is 13.0 Å². The predicted octanol–water partition coefficient (Wildman–Crippen LogP) is 1.29. The molecule has 2 N–H and O–H groups in total. The molecule has 1 saturated carbocycles. The third-order valence-corrected chi connectivity index (χ3v) is 3.77. The van der Waals surface area contributed by atoms with Crippen LogP contribution in [0.1, 0.15) is 20.3 Å². The molecule has 2 rings (SSSR count). The normalized spacial score (nSPS) is 36.0. The fourth-order valence-corrected chi connectivity index (χ4v) is 2.82. The van der Waals surface area contributed by atoms with E-state index >= 15 is 0 Å². The molecule has 16 heavy (non-hydrogen) atoms. The van der Waals surface area contributed by atoms with Crippen LogP contribution in [0.3, 0.4) is 0 Å². The Labute approximate surface area is 115 Å². The zero-order valence-corrected chi connectivity index (χ0v) is 12.8. The van der Waals surface area contributed by atoms with Gasteiger partial charge < -0.3 is 15.4 Å². The van der Waals surface area contributed by atoms with Crippen molar-refractivity contribution in [3.8, 4) is 0 Å². The van der Waals surface area contributed by atoms with Crippen molar-refractivity contribution in [1.29, 1.82) is 0 Å². The molecule has 0 radical (unpaired) electrons. The molecule has 0 amide bonds. The van der Waals surface area contributed by atoms with Gasteiger partial charge in [0.25, 0.3) is 0 Å². The Kier molecular flexibility index (Phi) is 4.10. The molecule has 3 atom stereocenters. The van der Waals surface area contributed by atoms with E-state index in [1.54, 1.807) is 0 Å². The lowest BCUT2D eigenvalue weighted by molar-refractivity contribution is -0.0987. The lowest BCUT2D eigenvalue weighted by atomic mass is 9.57. The number of nitrogens with zero attached hydrogens (tertiary/aromatic N) is 2. The van der Waals surface area contributed by atoms with Crippen molar-refractivity contribution < 1.29 is 4.74 Å². The Balaban J connectivity index is 0.00000128. The van der Waals surface area contributed by atoms with Gasteiger partial charge in [0.15, 0.2) is 5.96 Å². The summed E-state index contributed by atoms with van der Waals surface area (Å²) in [4.78, 5) is 6.48. The van der Waals surface area contributed by atoms with E-state index < -0.39 is 0 Å². The van der Waals surface area contributed by atoms with Gasteiger partial charge in [-0.3, -0.25) is 0 Å². The van der Waals surface area contributed by atoms with Gasteiger partial charge in [0.2, 0.25) is 0 Å². The van der Waals surface area contributed by atoms with Gasteiger partial charge in [0.05, 0.1) is 12.1 Å². The molecule has 2 aliphatic rings. The van der Waals surface area contributed by atoms with Crippen LogP contribution in [0.2, 0.25) is 0 Å². The molecule has 0 spiro atoms. The lowest BCUT2D eigenvalue weighted by Gasteiger charge is -2.52. The second-order valence-corrected chi connectivity index (χ2v) is 5.39. The number of ether oxygens (including phenoxy) is 1. The van der Waals surface area contributed by atoms with E-state index in [1.165, 1.54) is 0 Å². The zero-order chi connectivity index (χ0) is 11.2. The highest BCUT2D eigenvalue weighted by Gasteiger charge is 2.59. The summed E-state index contributed by atoms with van der Waals surface area (Å²) in [6.07, 6.45) is 1.52. The first-order valence-corrected chi connectivity index (χ1v) is 5.57. The van der Waals surface area contributed by atoms with Crippen molar-refractivity contribution in [3.05, 3.63) is 0 Å². The highest BCUT2D eigenvalue weighted by Crippen LogP contribution is 2.53. The third kappa shape index (κ3) is 2.03. The standard InChI is InChI=1S/C11H21N3O.HI/c1-11(2)8(13-10(12)14(3)4)7-5-6-15-9(7)11;/h7-9H,5-6H2,1-4H3,(H2,12,13);1H. The van der Waals surface area contributed by atoms with E-state index in [4.69, 9.17) is 10.5 Å². The maximum absolute atomic E-state index is 5.87. The maximum atomic E-state index is 5.87. The number of rotatable bonds is 1. The first-order valence-electron chi connectivity index (χ1n) is 5.57. The number of fused-ring (bicyclic) bond motifs is 1.